The van der Waals surface area contributed by atoms with Gasteiger partial charge in [-0.2, -0.15) is 0 Å². The van der Waals surface area contributed by atoms with E-state index in [1.807, 2.05) is 6.92 Å². The van der Waals surface area contributed by atoms with Crippen LogP contribution in [0.15, 0.2) is 6.07 Å². The number of hydrogen-bond donors (Lipinski definition) is 0. The Balaban J connectivity index is 1.89. The van der Waals surface area contributed by atoms with Crippen LogP contribution in [0.2, 0.25) is 5.15 Å². The molecule has 2 aliphatic rings. The number of halogens is 1. The van der Waals surface area contributed by atoms with Crippen LogP contribution in [0.25, 0.3) is 0 Å². The lowest BCUT2D eigenvalue weighted by molar-refractivity contribution is 0.291. The summed E-state index contributed by atoms with van der Waals surface area (Å²) in [5, 5.41) is 0.540. The van der Waals surface area contributed by atoms with Gasteiger partial charge in [-0.25, -0.2) is 9.97 Å². The Labute approximate surface area is 100 Å². The smallest absolute Gasteiger partial charge is 0.227 e. The average Bonchev–Trinajstić information content (AvgIpc) is 2.74. The van der Waals surface area contributed by atoms with Gasteiger partial charge in [0.25, 0.3) is 0 Å². The predicted octanol–water partition coefficient (Wildman–Crippen LogP) is 1.33. The molecule has 0 amide bonds. The second kappa shape index (κ2) is 3.57. The highest BCUT2D eigenvalue weighted by Gasteiger charge is 2.42. The lowest BCUT2D eigenvalue weighted by Crippen LogP contribution is -2.45. The number of nitrogens with zero attached hydrogens (tertiary/aromatic N) is 4. The Bertz CT molecular complexity index is 400. The molecular formula is C11H15ClN4. The zero-order chi connectivity index (χ0) is 11.3. The maximum atomic E-state index is 5.97. The van der Waals surface area contributed by atoms with Crippen LogP contribution >= 0.6 is 11.6 Å². The summed E-state index contributed by atoms with van der Waals surface area (Å²) in [5.74, 6) is 0.797. The molecule has 2 fully saturated rings. The van der Waals surface area contributed by atoms with E-state index in [9.17, 15) is 0 Å². The highest BCUT2D eigenvalue weighted by molar-refractivity contribution is 6.29. The standard InChI is InChI=1S/C11H15ClN4/c1-7-3-10(12)14-11(13-7)16-6-8-4-9(16)5-15(8)2/h3,8-9H,4-6H2,1-2H3/t8-,9-/m0/s1. The Morgan fingerprint density at radius 3 is 2.69 bits per heavy atom. The first-order valence-electron chi connectivity index (χ1n) is 5.61. The van der Waals surface area contributed by atoms with Gasteiger partial charge in [-0.1, -0.05) is 11.6 Å². The van der Waals surface area contributed by atoms with E-state index in [4.69, 9.17) is 11.6 Å². The summed E-state index contributed by atoms with van der Waals surface area (Å²) in [6.07, 6.45) is 1.23. The minimum absolute atomic E-state index is 0.540. The molecule has 2 saturated heterocycles. The number of hydrogen-bond acceptors (Lipinski definition) is 4. The summed E-state index contributed by atoms with van der Waals surface area (Å²) in [6.45, 7) is 4.10. The fourth-order valence-corrected chi connectivity index (χ4v) is 2.99. The van der Waals surface area contributed by atoms with Crippen molar-refractivity contribution in [1.82, 2.24) is 14.9 Å². The zero-order valence-electron chi connectivity index (χ0n) is 9.52. The molecule has 0 unspecified atom stereocenters. The van der Waals surface area contributed by atoms with Crippen LogP contribution in [0.3, 0.4) is 0 Å². The number of anilines is 1. The molecule has 16 heavy (non-hydrogen) atoms. The van der Waals surface area contributed by atoms with Crippen LogP contribution in [0.1, 0.15) is 12.1 Å². The topological polar surface area (TPSA) is 32.3 Å². The van der Waals surface area contributed by atoms with Crippen molar-refractivity contribution in [3.8, 4) is 0 Å². The average molecular weight is 239 g/mol. The number of aromatic nitrogens is 2. The molecule has 3 heterocycles. The highest BCUT2D eigenvalue weighted by Crippen LogP contribution is 2.32. The molecule has 2 aliphatic heterocycles. The van der Waals surface area contributed by atoms with Crippen LogP contribution in [-0.2, 0) is 0 Å². The number of likely N-dealkylation sites (N-methyl/N-ethyl adjacent to an activating group) is 1. The first-order valence-corrected chi connectivity index (χ1v) is 5.99. The minimum atomic E-state index is 0.540. The summed E-state index contributed by atoms with van der Waals surface area (Å²) >= 11 is 5.97. The molecule has 2 bridgehead atoms. The number of likely N-dealkylation sites (tertiary alicyclic amines) is 1. The van der Waals surface area contributed by atoms with Crippen LogP contribution in [-0.4, -0.2) is 47.1 Å². The van der Waals surface area contributed by atoms with E-state index in [1.54, 1.807) is 6.07 Å². The number of rotatable bonds is 1. The van der Waals surface area contributed by atoms with E-state index < -0.39 is 0 Å². The molecule has 0 aliphatic carbocycles. The van der Waals surface area contributed by atoms with Crippen molar-refractivity contribution in [2.45, 2.75) is 25.4 Å². The van der Waals surface area contributed by atoms with Crippen molar-refractivity contribution in [2.75, 3.05) is 25.0 Å². The molecule has 5 heteroatoms. The first-order chi connectivity index (χ1) is 7.63. The molecule has 0 spiro atoms. The molecule has 0 radical (unpaired) electrons. The Morgan fingerprint density at radius 1 is 1.31 bits per heavy atom. The normalized spacial score (nSPS) is 29.1. The van der Waals surface area contributed by atoms with E-state index >= 15 is 0 Å². The zero-order valence-corrected chi connectivity index (χ0v) is 10.3. The SMILES string of the molecule is Cc1cc(Cl)nc(N2C[C@@H]3C[C@H]2CN3C)n1. The Hall–Kier alpha value is -0.870. The van der Waals surface area contributed by atoms with Crippen molar-refractivity contribution in [1.29, 1.82) is 0 Å². The van der Waals surface area contributed by atoms with Gasteiger partial charge < -0.3 is 4.90 Å². The minimum Gasteiger partial charge on any atom is -0.335 e. The molecule has 0 aromatic carbocycles. The van der Waals surface area contributed by atoms with Crippen LogP contribution in [0.4, 0.5) is 5.95 Å². The number of piperazine rings is 1. The molecule has 86 valence electrons. The van der Waals surface area contributed by atoms with Crippen LogP contribution in [0.5, 0.6) is 0 Å². The third-order valence-electron chi connectivity index (χ3n) is 3.58. The van der Waals surface area contributed by atoms with Gasteiger partial charge in [0.15, 0.2) is 0 Å². The lowest BCUT2D eigenvalue weighted by atomic mass is 10.2. The summed E-state index contributed by atoms with van der Waals surface area (Å²) in [6, 6.07) is 3.02. The Morgan fingerprint density at radius 2 is 2.12 bits per heavy atom. The summed E-state index contributed by atoms with van der Waals surface area (Å²) in [4.78, 5) is 13.5. The van der Waals surface area contributed by atoms with Gasteiger partial charge in [0.05, 0.1) is 0 Å². The maximum Gasteiger partial charge on any atom is 0.227 e. The Kier molecular flexibility index (Phi) is 2.30. The van der Waals surface area contributed by atoms with Crippen molar-refractivity contribution < 1.29 is 0 Å². The molecule has 2 atom stereocenters. The monoisotopic (exact) mass is 238 g/mol. The summed E-state index contributed by atoms with van der Waals surface area (Å²) in [7, 11) is 2.19. The third-order valence-corrected chi connectivity index (χ3v) is 3.78. The summed E-state index contributed by atoms with van der Waals surface area (Å²) in [5.41, 5.74) is 0.936. The van der Waals surface area contributed by atoms with E-state index in [2.05, 4.69) is 26.8 Å². The van der Waals surface area contributed by atoms with Crippen molar-refractivity contribution >= 4 is 17.5 Å². The quantitative estimate of drug-likeness (QED) is 0.691. The molecule has 1 aromatic heterocycles. The van der Waals surface area contributed by atoms with Gasteiger partial charge in [-0.05, 0) is 26.5 Å². The molecule has 3 rings (SSSR count). The predicted molar refractivity (Wildman–Crippen MR) is 63.9 cm³/mol. The fourth-order valence-electron chi connectivity index (χ4n) is 2.75. The van der Waals surface area contributed by atoms with Crippen molar-refractivity contribution in [3.05, 3.63) is 16.9 Å². The van der Waals surface area contributed by atoms with E-state index in [1.165, 1.54) is 6.42 Å². The summed E-state index contributed by atoms with van der Waals surface area (Å²) < 4.78 is 0. The van der Waals surface area contributed by atoms with E-state index in [0.29, 0.717) is 17.2 Å². The van der Waals surface area contributed by atoms with Crippen LogP contribution in [0, 0.1) is 6.92 Å². The van der Waals surface area contributed by atoms with Gasteiger partial charge >= 0.3 is 0 Å². The first kappa shape index (κ1) is 10.3. The van der Waals surface area contributed by atoms with Gasteiger partial charge in [0.1, 0.15) is 5.15 Å². The van der Waals surface area contributed by atoms with Gasteiger partial charge in [-0.3, -0.25) is 4.90 Å². The van der Waals surface area contributed by atoms with Gasteiger partial charge in [0.2, 0.25) is 5.95 Å². The molecule has 1 aromatic rings. The maximum absolute atomic E-state index is 5.97. The van der Waals surface area contributed by atoms with Gasteiger partial charge in [-0.15, -0.1) is 0 Å². The molecule has 4 nitrogen and oxygen atoms in total. The molecular weight excluding hydrogens is 224 g/mol. The van der Waals surface area contributed by atoms with Gasteiger partial charge in [0, 0.05) is 30.9 Å². The fraction of sp³-hybridized carbons (Fsp3) is 0.636. The number of fused-ring (bicyclic) bond motifs is 2. The van der Waals surface area contributed by atoms with Crippen LogP contribution < -0.4 is 4.90 Å². The number of aryl methyl sites for hydroxylation is 1. The molecule has 0 N–H and O–H groups in total. The van der Waals surface area contributed by atoms with E-state index in [0.717, 1.165) is 24.7 Å². The molecule has 0 saturated carbocycles. The largest absolute Gasteiger partial charge is 0.335 e. The lowest BCUT2D eigenvalue weighted by Gasteiger charge is -2.32. The third kappa shape index (κ3) is 1.57. The van der Waals surface area contributed by atoms with Crippen molar-refractivity contribution in [2.24, 2.45) is 0 Å². The highest BCUT2D eigenvalue weighted by atomic mass is 35.5. The second-order valence-electron chi connectivity index (χ2n) is 4.77. The van der Waals surface area contributed by atoms with E-state index in [-0.39, 0.29) is 0 Å². The van der Waals surface area contributed by atoms with Crippen molar-refractivity contribution in [3.63, 3.8) is 0 Å². The second-order valence-corrected chi connectivity index (χ2v) is 5.15.